The first kappa shape index (κ1) is 14.1. The fourth-order valence-electron chi connectivity index (χ4n) is 3.71. The number of hydrogen-bond acceptors (Lipinski definition) is 3. The SMILES string of the molecule is CCCCc1nnc2n1CCCCC2C1CCOCC1. The fourth-order valence-corrected chi connectivity index (χ4v) is 3.71. The van der Waals surface area contributed by atoms with Crippen molar-refractivity contribution in [1.82, 2.24) is 14.8 Å². The lowest BCUT2D eigenvalue weighted by Gasteiger charge is -2.29. The summed E-state index contributed by atoms with van der Waals surface area (Å²) >= 11 is 0. The Labute approximate surface area is 121 Å². The quantitative estimate of drug-likeness (QED) is 0.847. The number of hydrogen-bond donors (Lipinski definition) is 0. The molecule has 0 radical (unpaired) electrons. The predicted octanol–water partition coefficient (Wildman–Crippen LogP) is 3.31. The monoisotopic (exact) mass is 277 g/mol. The van der Waals surface area contributed by atoms with Crippen molar-refractivity contribution in [3.05, 3.63) is 11.6 Å². The summed E-state index contributed by atoms with van der Waals surface area (Å²) in [5.74, 6) is 3.87. The van der Waals surface area contributed by atoms with E-state index in [-0.39, 0.29) is 0 Å². The molecule has 1 aromatic heterocycles. The van der Waals surface area contributed by atoms with Crippen LogP contribution in [-0.4, -0.2) is 28.0 Å². The molecular weight excluding hydrogens is 250 g/mol. The third-order valence-electron chi connectivity index (χ3n) is 4.92. The molecule has 1 unspecified atom stereocenters. The largest absolute Gasteiger partial charge is 0.381 e. The maximum absolute atomic E-state index is 5.53. The van der Waals surface area contributed by atoms with Gasteiger partial charge in [-0.25, -0.2) is 0 Å². The van der Waals surface area contributed by atoms with Crippen LogP contribution >= 0.6 is 0 Å². The van der Waals surface area contributed by atoms with Gasteiger partial charge in [0.15, 0.2) is 0 Å². The van der Waals surface area contributed by atoms with Gasteiger partial charge in [-0.2, -0.15) is 0 Å². The van der Waals surface area contributed by atoms with Gasteiger partial charge in [-0.15, -0.1) is 10.2 Å². The predicted molar refractivity (Wildman–Crippen MR) is 78.8 cm³/mol. The molecule has 20 heavy (non-hydrogen) atoms. The van der Waals surface area contributed by atoms with Gasteiger partial charge < -0.3 is 9.30 Å². The van der Waals surface area contributed by atoms with Crippen LogP contribution in [-0.2, 0) is 17.7 Å². The van der Waals surface area contributed by atoms with Gasteiger partial charge in [-0.3, -0.25) is 0 Å². The van der Waals surface area contributed by atoms with E-state index < -0.39 is 0 Å². The summed E-state index contributed by atoms with van der Waals surface area (Å²) < 4.78 is 7.97. The maximum atomic E-state index is 5.53. The van der Waals surface area contributed by atoms with Crippen molar-refractivity contribution < 1.29 is 4.74 Å². The first-order chi connectivity index (χ1) is 9.90. The van der Waals surface area contributed by atoms with Crippen molar-refractivity contribution >= 4 is 0 Å². The van der Waals surface area contributed by atoms with E-state index in [1.54, 1.807) is 0 Å². The second kappa shape index (κ2) is 6.70. The van der Waals surface area contributed by atoms with Crippen LogP contribution in [0.1, 0.15) is 69.4 Å². The van der Waals surface area contributed by atoms with E-state index in [1.165, 1.54) is 56.6 Å². The van der Waals surface area contributed by atoms with Crippen LogP contribution in [0.4, 0.5) is 0 Å². The van der Waals surface area contributed by atoms with Crippen molar-refractivity contribution in [3.8, 4) is 0 Å². The Balaban J connectivity index is 1.81. The molecule has 0 bridgehead atoms. The number of nitrogens with zero attached hydrogens (tertiary/aromatic N) is 3. The molecule has 1 aromatic rings. The van der Waals surface area contributed by atoms with Crippen LogP contribution in [0.2, 0.25) is 0 Å². The highest BCUT2D eigenvalue weighted by molar-refractivity contribution is 5.06. The van der Waals surface area contributed by atoms with Crippen LogP contribution in [0.5, 0.6) is 0 Å². The molecule has 4 nitrogen and oxygen atoms in total. The number of rotatable bonds is 4. The van der Waals surface area contributed by atoms with Gasteiger partial charge in [-0.1, -0.05) is 19.8 Å². The molecule has 0 aliphatic carbocycles. The van der Waals surface area contributed by atoms with E-state index in [0.717, 1.165) is 32.1 Å². The third kappa shape index (κ3) is 2.90. The average molecular weight is 277 g/mol. The van der Waals surface area contributed by atoms with Crippen molar-refractivity contribution in [2.24, 2.45) is 5.92 Å². The standard InChI is InChI=1S/C16H27N3O/c1-2-3-7-15-17-18-16-14(6-4-5-10-19(15)16)13-8-11-20-12-9-13/h13-14H,2-12H2,1H3. The summed E-state index contributed by atoms with van der Waals surface area (Å²) in [6, 6.07) is 0. The molecule has 0 N–H and O–H groups in total. The topological polar surface area (TPSA) is 39.9 Å². The highest BCUT2D eigenvalue weighted by Crippen LogP contribution is 2.37. The molecule has 0 saturated carbocycles. The van der Waals surface area contributed by atoms with Crippen molar-refractivity contribution in [2.45, 2.75) is 70.8 Å². The lowest BCUT2D eigenvalue weighted by atomic mass is 9.82. The molecule has 1 atom stereocenters. The Bertz CT molecular complexity index is 423. The summed E-state index contributed by atoms with van der Waals surface area (Å²) in [6.07, 6.45) is 9.83. The Hall–Kier alpha value is -0.900. The Morgan fingerprint density at radius 1 is 1.15 bits per heavy atom. The van der Waals surface area contributed by atoms with Crippen molar-refractivity contribution in [1.29, 1.82) is 0 Å². The molecule has 0 aromatic carbocycles. The normalized spacial score (nSPS) is 24.4. The van der Waals surface area contributed by atoms with Crippen LogP contribution in [0.3, 0.4) is 0 Å². The minimum Gasteiger partial charge on any atom is -0.381 e. The maximum Gasteiger partial charge on any atom is 0.136 e. The van der Waals surface area contributed by atoms with Crippen LogP contribution in [0.15, 0.2) is 0 Å². The minimum absolute atomic E-state index is 0.615. The molecule has 1 fully saturated rings. The molecular formula is C16H27N3O. The zero-order valence-corrected chi connectivity index (χ0v) is 12.7. The molecule has 112 valence electrons. The molecule has 0 spiro atoms. The summed E-state index contributed by atoms with van der Waals surface area (Å²) in [5, 5.41) is 9.10. The number of unbranched alkanes of at least 4 members (excludes halogenated alkanes) is 1. The summed E-state index contributed by atoms with van der Waals surface area (Å²) in [4.78, 5) is 0. The number of aryl methyl sites for hydroxylation is 1. The van der Waals surface area contributed by atoms with E-state index in [2.05, 4.69) is 21.7 Å². The first-order valence-electron chi connectivity index (χ1n) is 8.40. The average Bonchev–Trinajstić information content (AvgIpc) is 2.76. The Morgan fingerprint density at radius 3 is 2.80 bits per heavy atom. The third-order valence-corrected chi connectivity index (χ3v) is 4.92. The smallest absolute Gasteiger partial charge is 0.136 e. The van der Waals surface area contributed by atoms with Gasteiger partial charge in [0, 0.05) is 32.1 Å². The zero-order valence-electron chi connectivity index (χ0n) is 12.7. The van der Waals surface area contributed by atoms with E-state index in [1.807, 2.05) is 0 Å². The number of aromatic nitrogens is 3. The number of ether oxygens (including phenoxy) is 1. The fraction of sp³-hybridized carbons (Fsp3) is 0.875. The van der Waals surface area contributed by atoms with E-state index in [4.69, 9.17) is 4.74 Å². The van der Waals surface area contributed by atoms with Crippen LogP contribution < -0.4 is 0 Å². The Kier molecular flexibility index (Phi) is 4.71. The second-order valence-electron chi connectivity index (χ2n) is 6.28. The summed E-state index contributed by atoms with van der Waals surface area (Å²) in [5.41, 5.74) is 0. The molecule has 3 rings (SSSR count). The minimum atomic E-state index is 0.615. The molecule has 3 heterocycles. The molecule has 4 heteroatoms. The molecule has 1 saturated heterocycles. The van der Waals surface area contributed by atoms with E-state index in [0.29, 0.717) is 5.92 Å². The van der Waals surface area contributed by atoms with Crippen molar-refractivity contribution in [2.75, 3.05) is 13.2 Å². The number of fused-ring (bicyclic) bond motifs is 1. The van der Waals surface area contributed by atoms with Crippen LogP contribution in [0.25, 0.3) is 0 Å². The van der Waals surface area contributed by atoms with Gasteiger partial charge in [0.05, 0.1) is 0 Å². The van der Waals surface area contributed by atoms with Gasteiger partial charge in [0.2, 0.25) is 0 Å². The molecule has 2 aliphatic heterocycles. The zero-order chi connectivity index (χ0) is 13.8. The highest BCUT2D eigenvalue weighted by Gasteiger charge is 2.31. The second-order valence-corrected chi connectivity index (χ2v) is 6.28. The van der Waals surface area contributed by atoms with Crippen molar-refractivity contribution in [3.63, 3.8) is 0 Å². The molecule has 0 amide bonds. The summed E-state index contributed by atoms with van der Waals surface area (Å²) in [7, 11) is 0. The van der Waals surface area contributed by atoms with Gasteiger partial charge in [0.25, 0.3) is 0 Å². The first-order valence-corrected chi connectivity index (χ1v) is 8.40. The Morgan fingerprint density at radius 2 is 2.00 bits per heavy atom. The highest BCUT2D eigenvalue weighted by atomic mass is 16.5. The summed E-state index contributed by atoms with van der Waals surface area (Å²) in [6.45, 7) is 5.22. The van der Waals surface area contributed by atoms with Gasteiger partial charge >= 0.3 is 0 Å². The molecule has 2 aliphatic rings. The lowest BCUT2D eigenvalue weighted by Crippen LogP contribution is -2.23. The lowest BCUT2D eigenvalue weighted by molar-refractivity contribution is 0.0556. The van der Waals surface area contributed by atoms with E-state index >= 15 is 0 Å². The van der Waals surface area contributed by atoms with Gasteiger partial charge in [-0.05, 0) is 38.0 Å². The van der Waals surface area contributed by atoms with Gasteiger partial charge in [0.1, 0.15) is 11.6 Å². The van der Waals surface area contributed by atoms with Crippen LogP contribution in [0, 0.1) is 5.92 Å². The van der Waals surface area contributed by atoms with E-state index in [9.17, 15) is 0 Å².